The number of carbonyl (C=O) groups excluding carboxylic acids is 2. The lowest BCUT2D eigenvalue weighted by molar-refractivity contribution is -0.131. The Hall–Kier alpha value is -3.14. The number of hydrogen-bond acceptors (Lipinski definition) is 4. The number of rotatable bonds is 4. The minimum Gasteiger partial charge on any atom is -0.339 e. The fraction of sp³-hybridized carbons (Fsp3) is 0.158. The van der Waals surface area contributed by atoms with Gasteiger partial charge in [-0.15, -0.1) is 0 Å². The van der Waals surface area contributed by atoms with Crippen molar-refractivity contribution in [2.75, 3.05) is 0 Å². The van der Waals surface area contributed by atoms with Crippen LogP contribution in [0, 0.1) is 11.8 Å². The molecule has 2 atom stereocenters. The molecule has 2 amide bonds. The Morgan fingerprint density at radius 2 is 1.56 bits per heavy atom. The molecule has 128 valence electrons. The third kappa shape index (κ3) is 5.18. The third-order valence-electron chi connectivity index (χ3n) is 3.48. The number of hydrogen-bond donors (Lipinski definition) is 4. The van der Waals surface area contributed by atoms with E-state index in [1.807, 2.05) is 30.3 Å². The number of carbonyl (C=O) groups is 2. The maximum absolute atomic E-state index is 12.2. The van der Waals surface area contributed by atoms with Crippen LogP contribution in [0.1, 0.15) is 28.4 Å². The van der Waals surface area contributed by atoms with Gasteiger partial charge in [-0.1, -0.05) is 30.0 Å². The first-order valence-corrected chi connectivity index (χ1v) is 7.69. The molecule has 25 heavy (non-hydrogen) atoms. The van der Waals surface area contributed by atoms with Crippen LogP contribution in [0.25, 0.3) is 0 Å². The topological polar surface area (TPSA) is 104 Å². The van der Waals surface area contributed by atoms with Crippen molar-refractivity contribution in [1.29, 1.82) is 0 Å². The third-order valence-corrected chi connectivity index (χ3v) is 3.48. The summed E-state index contributed by atoms with van der Waals surface area (Å²) in [5, 5.41) is 11.2. The van der Waals surface area contributed by atoms with Crippen molar-refractivity contribution in [2.24, 2.45) is 5.73 Å². The van der Waals surface area contributed by atoms with E-state index in [9.17, 15) is 9.59 Å². The predicted octanol–water partition coefficient (Wildman–Crippen LogP) is 1.04. The Balaban J connectivity index is 2.07. The van der Waals surface area contributed by atoms with E-state index in [-0.39, 0.29) is 0 Å². The Morgan fingerprint density at radius 3 is 2.08 bits per heavy atom. The van der Waals surface area contributed by atoms with Crippen molar-refractivity contribution in [3.63, 3.8) is 0 Å². The van der Waals surface area contributed by atoms with E-state index in [1.165, 1.54) is 5.48 Å². The van der Waals surface area contributed by atoms with Gasteiger partial charge in [-0.05, 0) is 43.3 Å². The molecule has 5 N–H and O–H groups in total. The Morgan fingerprint density at radius 1 is 1.00 bits per heavy atom. The summed E-state index contributed by atoms with van der Waals surface area (Å²) in [6.07, 6.45) is 0. The van der Waals surface area contributed by atoms with Crippen LogP contribution in [0.5, 0.6) is 0 Å². The quantitative estimate of drug-likeness (QED) is 0.380. The highest BCUT2D eigenvalue weighted by molar-refractivity contribution is 5.97. The molecule has 0 saturated heterocycles. The highest BCUT2D eigenvalue weighted by Crippen LogP contribution is 2.05. The fourth-order valence-corrected chi connectivity index (χ4v) is 2.10. The lowest BCUT2D eigenvalue weighted by Crippen LogP contribution is -2.54. The predicted molar refractivity (Wildman–Crippen MR) is 93.7 cm³/mol. The van der Waals surface area contributed by atoms with E-state index in [0.29, 0.717) is 5.56 Å². The molecule has 0 spiro atoms. The molecular formula is C19H19N3O3. The number of benzene rings is 2. The summed E-state index contributed by atoms with van der Waals surface area (Å²) in [6, 6.07) is 14.5. The molecular weight excluding hydrogens is 318 g/mol. The van der Waals surface area contributed by atoms with E-state index >= 15 is 0 Å². The average Bonchev–Trinajstić information content (AvgIpc) is 2.64. The van der Waals surface area contributed by atoms with Crippen molar-refractivity contribution in [1.82, 2.24) is 10.8 Å². The van der Waals surface area contributed by atoms with E-state index in [1.54, 1.807) is 31.2 Å². The number of hydroxylamine groups is 1. The molecule has 0 aliphatic rings. The standard InChI is InChI=1S/C19H19N3O3/c1-13(20)17(19(24)22-25)21-18(23)16-11-9-15(10-12-16)8-7-14-5-3-2-4-6-14/h2-6,9-13,17,25H,20H2,1H3,(H,21,23)(H,22,24)/t13-,17-/m1/s1. The van der Waals surface area contributed by atoms with Gasteiger partial charge in [0.05, 0.1) is 0 Å². The summed E-state index contributed by atoms with van der Waals surface area (Å²) in [4.78, 5) is 23.7. The largest absolute Gasteiger partial charge is 0.339 e. The van der Waals surface area contributed by atoms with Crippen LogP contribution in [-0.4, -0.2) is 29.1 Å². The Kier molecular flexibility index (Phi) is 6.29. The van der Waals surface area contributed by atoms with E-state index in [2.05, 4.69) is 17.2 Å². The molecule has 6 nitrogen and oxygen atoms in total. The molecule has 2 aromatic rings. The molecule has 0 fully saturated rings. The van der Waals surface area contributed by atoms with Gasteiger partial charge >= 0.3 is 0 Å². The molecule has 2 aromatic carbocycles. The summed E-state index contributed by atoms with van der Waals surface area (Å²) in [6.45, 7) is 1.56. The van der Waals surface area contributed by atoms with Crippen LogP contribution in [-0.2, 0) is 4.79 Å². The zero-order valence-electron chi connectivity index (χ0n) is 13.7. The molecule has 0 aliphatic carbocycles. The van der Waals surface area contributed by atoms with Crippen molar-refractivity contribution >= 4 is 11.8 Å². The maximum Gasteiger partial charge on any atom is 0.267 e. The number of amides is 2. The van der Waals surface area contributed by atoms with Crippen LogP contribution >= 0.6 is 0 Å². The summed E-state index contributed by atoms with van der Waals surface area (Å²) >= 11 is 0. The molecule has 0 bridgehead atoms. The summed E-state index contributed by atoms with van der Waals surface area (Å²) in [5.74, 6) is 4.81. The van der Waals surface area contributed by atoms with Gasteiger partial charge in [0.2, 0.25) is 0 Å². The first-order valence-electron chi connectivity index (χ1n) is 7.69. The normalized spacial score (nSPS) is 12.3. The molecule has 0 heterocycles. The zero-order chi connectivity index (χ0) is 18.2. The minimum atomic E-state index is -1.03. The zero-order valence-corrected chi connectivity index (χ0v) is 13.7. The lowest BCUT2D eigenvalue weighted by atomic mass is 10.1. The SMILES string of the molecule is C[C@@H](N)[C@@H](NC(=O)c1ccc(C#Cc2ccccc2)cc1)C(=O)NO. The second-order valence-corrected chi connectivity index (χ2v) is 5.48. The average molecular weight is 337 g/mol. The molecule has 6 heteroatoms. The highest BCUT2D eigenvalue weighted by Gasteiger charge is 2.24. The van der Waals surface area contributed by atoms with Crippen molar-refractivity contribution in [3.05, 3.63) is 71.3 Å². The molecule has 2 rings (SSSR count). The highest BCUT2D eigenvalue weighted by atomic mass is 16.5. The van der Waals surface area contributed by atoms with Gasteiger partial charge in [-0.3, -0.25) is 14.8 Å². The summed E-state index contributed by atoms with van der Waals surface area (Å²) in [5.41, 5.74) is 9.17. The van der Waals surface area contributed by atoms with Gasteiger partial charge in [-0.2, -0.15) is 0 Å². The van der Waals surface area contributed by atoms with Crippen LogP contribution in [0.2, 0.25) is 0 Å². The van der Waals surface area contributed by atoms with Crippen LogP contribution in [0.3, 0.4) is 0 Å². The lowest BCUT2D eigenvalue weighted by Gasteiger charge is -2.20. The van der Waals surface area contributed by atoms with Gasteiger partial charge in [0.1, 0.15) is 6.04 Å². The molecule has 0 radical (unpaired) electrons. The second kappa shape index (κ2) is 8.64. The van der Waals surface area contributed by atoms with E-state index in [4.69, 9.17) is 10.9 Å². The van der Waals surface area contributed by atoms with Crippen molar-refractivity contribution in [2.45, 2.75) is 19.0 Å². The second-order valence-electron chi connectivity index (χ2n) is 5.48. The summed E-state index contributed by atoms with van der Waals surface area (Å²) in [7, 11) is 0. The van der Waals surface area contributed by atoms with Crippen LogP contribution in [0.4, 0.5) is 0 Å². The van der Waals surface area contributed by atoms with Gasteiger partial charge in [0.25, 0.3) is 11.8 Å². The maximum atomic E-state index is 12.2. The fourth-order valence-electron chi connectivity index (χ4n) is 2.10. The van der Waals surface area contributed by atoms with E-state index < -0.39 is 23.9 Å². The minimum absolute atomic E-state index is 0.363. The smallest absolute Gasteiger partial charge is 0.267 e. The van der Waals surface area contributed by atoms with Gasteiger partial charge in [-0.25, -0.2) is 5.48 Å². The first-order chi connectivity index (χ1) is 12.0. The summed E-state index contributed by atoms with van der Waals surface area (Å²) < 4.78 is 0. The van der Waals surface area contributed by atoms with Crippen LogP contribution in [0.15, 0.2) is 54.6 Å². The monoisotopic (exact) mass is 337 g/mol. The number of nitrogens with one attached hydrogen (secondary N) is 2. The molecule has 0 saturated carbocycles. The van der Waals surface area contributed by atoms with Crippen LogP contribution < -0.4 is 16.5 Å². The molecule has 0 aliphatic heterocycles. The Bertz CT molecular complexity index is 790. The van der Waals surface area contributed by atoms with Gasteiger partial charge in [0, 0.05) is 22.7 Å². The Labute approximate surface area is 146 Å². The van der Waals surface area contributed by atoms with E-state index in [0.717, 1.165) is 11.1 Å². The van der Waals surface area contributed by atoms with Crippen molar-refractivity contribution in [3.8, 4) is 11.8 Å². The van der Waals surface area contributed by atoms with Crippen molar-refractivity contribution < 1.29 is 14.8 Å². The van der Waals surface area contributed by atoms with Gasteiger partial charge in [0.15, 0.2) is 0 Å². The first kappa shape index (κ1) is 18.2. The molecule has 0 aromatic heterocycles. The van der Waals surface area contributed by atoms with Gasteiger partial charge < -0.3 is 11.1 Å². The number of nitrogens with two attached hydrogens (primary N) is 1. The molecule has 0 unspecified atom stereocenters.